The fourth-order valence-electron chi connectivity index (χ4n) is 7.54. The molecular weight excluding hydrogens is 548 g/mol. The van der Waals surface area contributed by atoms with Crippen molar-refractivity contribution >= 4 is 40.9 Å². The number of aliphatic hydroxyl groups excluding tert-OH is 1. The third-order valence-electron chi connectivity index (χ3n) is 9.46. The van der Waals surface area contributed by atoms with Crippen LogP contribution in [0.5, 0.6) is 0 Å². The van der Waals surface area contributed by atoms with Gasteiger partial charge in [-0.05, 0) is 63.8 Å². The van der Waals surface area contributed by atoms with Crippen molar-refractivity contribution in [2.45, 2.75) is 69.5 Å². The van der Waals surface area contributed by atoms with E-state index in [4.69, 9.17) is 0 Å². The van der Waals surface area contributed by atoms with Gasteiger partial charge < -0.3 is 24.7 Å². The summed E-state index contributed by atoms with van der Waals surface area (Å²) in [5.74, 6) is -1.48. The largest absolute Gasteiger partial charge is 0.394 e. The van der Waals surface area contributed by atoms with Crippen LogP contribution in [0.2, 0.25) is 0 Å². The van der Waals surface area contributed by atoms with Gasteiger partial charge in [0.1, 0.15) is 6.04 Å². The number of hydrogen-bond donors (Lipinski definition) is 1. The maximum Gasteiger partial charge on any atom is 0.251 e. The van der Waals surface area contributed by atoms with Gasteiger partial charge in [-0.15, -0.1) is 24.9 Å². The van der Waals surface area contributed by atoms with Gasteiger partial charge in [-0.25, -0.2) is 0 Å². The monoisotopic (exact) mass is 596 g/mol. The van der Waals surface area contributed by atoms with Crippen molar-refractivity contribution in [1.29, 1.82) is 0 Å². The highest BCUT2D eigenvalue weighted by molar-refractivity contribution is 8.02. The Morgan fingerprint density at radius 1 is 1.10 bits per heavy atom. The van der Waals surface area contributed by atoms with Gasteiger partial charge in [0, 0.05) is 49.3 Å². The number of aliphatic hydroxyl groups is 1. The maximum absolute atomic E-state index is 14.8. The van der Waals surface area contributed by atoms with Crippen molar-refractivity contribution in [1.82, 2.24) is 9.80 Å². The molecule has 7 atom stereocenters. The third kappa shape index (κ3) is 5.17. The van der Waals surface area contributed by atoms with Crippen LogP contribution in [0.15, 0.2) is 49.6 Å². The fraction of sp³-hybridized carbons (Fsp3) is 0.606. The van der Waals surface area contributed by atoms with Crippen LogP contribution in [-0.2, 0) is 14.4 Å². The van der Waals surface area contributed by atoms with Crippen LogP contribution in [0.4, 0.5) is 11.4 Å². The van der Waals surface area contributed by atoms with Gasteiger partial charge in [-0.1, -0.05) is 26.0 Å². The minimum absolute atomic E-state index is 0.0268. The number of rotatable bonds is 14. The summed E-state index contributed by atoms with van der Waals surface area (Å²) in [7, 11) is 0. The first-order valence-corrected chi connectivity index (χ1v) is 16.3. The van der Waals surface area contributed by atoms with Crippen molar-refractivity contribution in [3.05, 3.63) is 49.6 Å². The van der Waals surface area contributed by atoms with Crippen molar-refractivity contribution in [3.63, 3.8) is 0 Å². The quantitative estimate of drug-likeness (QED) is 0.324. The summed E-state index contributed by atoms with van der Waals surface area (Å²) in [6.07, 6.45) is 5.01. The number of carbonyl (C=O) groups excluding carboxylic acids is 3. The molecule has 3 aliphatic rings. The van der Waals surface area contributed by atoms with Crippen LogP contribution in [0.1, 0.15) is 47.5 Å². The summed E-state index contributed by atoms with van der Waals surface area (Å²) in [6.45, 7) is 20.7. The molecule has 4 rings (SSSR count). The van der Waals surface area contributed by atoms with Crippen LogP contribution in [0.3, 0.4) is 0 Å². The smallest absolute Gasteiger partial charge is 0.251 e. The Kier molecular flexibility index (Phi) is 10.1. The maximum atomic E-state index is 14.8. The molecule has 9 heteroatoms. The highest BCUT2D eigenvalue weighted by atomic mass is 32.2. The van der Waals surface area contributed by atoms with Gasteiger partial charge in [0.15, 0.2) is 0 Å². The molecule has 1 spiro atoms. The van der Waals surface area contributed by atoms with Crippen molar-refractivity contribution in [2.24, 2.45) is 17.8 Å². The van der Waals surface area contributed by atoms with E-state index >= 15 is 0 Å². The first kappa shape index (κ1) is 32.1. The number of hydrogen-bond acceptors (Lipinski definition) is 6. The van der Waals surface area contributed by atoms with Crippen LogP contribution in [0.25, 0.3) is 0 Å². The summed E-state index contributed by atoms with van der Waals surface area (Å²) in [4.78, 5) is 50.6. The summed E-state index contributed by atoms with van der Waals surface area (Å²) < 4.78 is -0.755. The third-order valence-corrected chi connectivity index (χ3v) is 11.5. The van der Waals surface area contributed by atoms with Crippen molar-refractivity contribution in [3.8, 4) is 0 Å². The topological polar surface area (TPSA) is 84.4 Å². The van der Waals surface area contributed by atoms with E-state index in [-0.39, 0.29) is 42.0 Å². The molecule has 1 aromatic rings. The number of amides is 3. The fourth-order valence-corrected chi connectivity index (χ4v) is 9.94. The molecule has 3 heterocycles. The normalized spacial score (nSPS) is 28.4. The van der Waals surface area contributed by atoms with Crippen LogP contribution >= 0.6 is 11.8 Å². The minimum atomic E-state index is -0.804. The van der Waals surface area contributed by atoms with E-state index in [1.807, 2.05) is 31.2 Å². The zero-order valence-electron chi connectivity index (χ0n) is 25.9. The van der Waals surface area contributed by atoms with Gasteiger partial charge in [-0.3, -0.25) is 14.4 Å². The Balaban J connectivity index is 1.78. The molecule has 3 saturated heterocycles. The Hall–Kier alpha value is -2.78. The van der Waals surface area contributed by atoms with Gasteiger partial charge in [-0.2, -0.15) is 0 Å². The zero-order valence-corrected chi connectivity index (χ0v) is 26.7. The Morgan fingerprint density at radius 3 is 2.26 bits per heavy atom. The van der Waals surface area contributed by atoms with E-state index in [0.717, 1.165) is 37.3 Å². The first-order chi connectivity index (χ1) is 20.2. The van der Waals surface area contributed by atoms with Gasteiger partial charge >= 0.3 is 0 Å². The molecule has 230 valence electrons. The molecule has 8 nitrogen and oxygen atoms in total. The minimum Gasteiger partial charge on any atom is -0.394 e. The average molecular weight is 597 g/mol. The second-order valence-corrected chi connectivity index (χ2v) is 13.4. The SMILES string of the molecule is C=CCN(CCC)C(=O)[C@@H]1[C@@H]2CC(C)C3(S2)C(C(=O)N(CC=C)c2ccc(N(CC)CC)cc2)N([C@H](C)CO)C(=O)[C@H]13. The summed E-state index contributed by atoms with van der Waals surface area (Å²) in [6, 6.07) is 6.58. The molecule has 0 aliphatic carbocycles. The molecule has 0 saturated carbocycles. The molecule has 3 amide bonds. The van der Waals surface area contributed by atoms with Crippen LogP contribution in [-0.4, -0.2) is 94.0 Å². The molecule has 1 N–H and O–H groups in total. The molecule has 3 aliphatic heterocycles. The van der Waals surface area contributed by atoms with Crippen LogP contribution in [0, 0.1) is 17.8 Å². The van der Waals surface area contributed by atoms with Gasteiger partial charge in [0.25, 0.3) is 5.91 Å². The lowest BCUT2D eigenvalue weighted by Gasteiger charge is -2.42. The number of nitrogens with zero attached hydrogens (tertiary/aromatic N) is 4. The molecule has 3 unspecified atom stereocenters. The Morgan fingerprint density at radius 2 is 1.71 bits per heavy atom. The van der Waals surface area contributed by atoms with E-state index in [1.54, 1.807) is 45.5 Å². The highest BCUT2D eigenvalue weighted by Gasteiger charge is 2.76. The van der Waals surface area contributed by atoms with E-state index in [2.05, 4.69) is 38.8 Å². The van der Waals surface area contributed by atoms with Crippen LogP contribution < -0.4 is 9.80 Å². The highest BCUT2D eigenvalue weighted by Crippen LogP contribution is 2.69. The lowest BCUT2D eigenvalue weighted by molar-refractivity contribution is -0.145. The molecular formula is C33H48N4O4S. The first-order valence-electron chi connectivity index (χ1n) is 15.4. The van der Waals surface area contributed by atoms with E-state index in [9.17, 15) is 19.5 Å². The van der Waals surface area contributed by atoms with E-state index in [1.165, 1.54) is 0 Å². The summed E-state index contributed by atoms with van der Waals surface area (Å²) in [5.41, 5.74) is 1.81. The second kappa shape index (κ2) is 13.2. The number of likely N-dealkylation sites (tertiary alicyclic amines) is 1. The standard InChI is InChI=1S/C33H48N4O4S/c1-8-17-35(18-9-2)30(39)27-26-20-22(6)33(42-26)28(27)31(40)37(23(7)21-38)29(33)32(41)36(19-10-3)25-15-13-24(14-16-25)34(11-4)12-5/h8,10,13-16,22-23,26-29,38H,1,3,9,11-12,17-21H2,2,4-7H3/t22?,23-,26+,27-,28+,29?,33?/m1/s1. The molecule has 0 aromatic heterocycles. The summed E-state index contributed by atoms with van der Waals surface area (Å²) in [5, 5.41) is 10.2. The van der Waals surface area contributed by atoms with Crippen molar-refractivity contribution in [2.75, 3.05) is 49.1 Å². The summed E-state index contributed by atoms with van der Waals surface area (Å²) >= 11 is 1.67. The lowest BCUT2D eigenvalue weighted by Crippen LogP contribution is -2.59. The molecule has 1 aromatic carbocycles. The predicted octanol–water partition coefficient (Wildman–Crippen LogP) is 4.19. The number of anilines is 2. The number of thioether (sulfide) groups is 1. The predicted molar refractivity (Wildman–Crippen MR) is 172 cm³/mol. The average Bonchev–Trinajstić information content (AvgIpc) is 3.59. The van der Waals surface area contributed by atoms with E-state index in [0.29, 0.717) is 13.1 Å². The second-order valence-electron chi connectivity index (χ2n) is 11.8. The molecule has 42 heavy (non-hydrogen) atoms. The number of benzene rings is 1. The lowest BCUT2D eigenvalue weighted by atomic mass is 9.65. The van der Waals surface area contributed by atoms with Gasteiger partial charge in [0.05, 0.1) is 29.2 Å². The molecule has 0 radical (unpaired) electrons. The number of fused-ring (bicyclic) bond motifs is 1. The zero-order chi connectivity index (χ0) is 30.8. The van der Waals surface area contributed by atoms with Crippen molar-refractivity contribution < 1.29 is 19.5 Å². The van der Waals surface area contributed by atoms with E-state index < -0.39 is 28.7 Å². The number of carbonyl (C=O) groups is 3. The Bertz CT molecular complexity index is 1170. The molecule has 2 bridgehead atoms. The Labute approximate surface area is 255 Å². The van der Waals surface area contributed by atoms with Gasteiger partial charge in [0.2, 0.25) is 11.8 Å². The molecule has 3 fully saturated rings.